The van der Waals surface area contributed by atoms with E-state index in [2.05, 4.69) is 51.9 Å². The number of hydrogen-bond donors (Lipinski definition) is 1. The van der Waals surface area contributed by atoms with Crippen molar-refractivity contribution in [2.24, 2.45) is 0 Å². The minimum Gasteiger partial charge on any atom is -0.311 e. The van der Waals surface area contributed by atoms with E-state index in [1.165, 1.54) is 13.0 Å². The van der Waals surface area contributed by atoms with E-state index < -0.39 is 0 Å². The minimum absolute atomic E-state index is 0.237. The lowest BCUT2D eigenvalue weighted by atomic mass is 10.1. The van der Waals surface area contributed by atoms with Crippen LogP contribution in [-0.2, 0) is 0 Å². The predicted molar refractivity (Wildman–Crippen MR) is 60.1 cm³/mol. The summed E-state index contributed by atoms with van der Waals surface area (Å²) in [6.07, 6.45) is 1.23. The Morgan fingerprint density at radius 3 is 2.23 bits per heavy atom. The molecule has 0 aliphatic rings. The molecule has 0 heterocycles. The van der Waals surface area contributed by atoms with Crippen molar-refractivity contribution >= 4 is 0 Å². The van der Waals surface area contributed by atoms with Crippen LogP contribution in [0.25, 0.3) is 0 Å². The van der Waals surface area contributed by atoms with Gasteiger partial charge < -0.3 is 10.2 Å². The molecular weight excluding hydrogens is 160 g/mol. The standard InChI is InChI=1S/C11H26N2/c1-7-8-13(6)10(2)9-12-11(3,4)5/h10,12H,7-9H2,1-6H3. The number of nitrogens with one attached hydrogen (secondary N) is 1. The van der Waals surface area contributed by atoms with Gasteiger partial charge in [-0.05, 0) is 47.7 Å². The van der Waals surface area contributed by atoms with E-state index in [0.717, 1.165) is 6.54 Å². The van der Waals surface area contributed by atoms with E-state index in [1.807, 2.05) is 0 Å². The van der Waals surface area contributed by atoms with Crippen LogP contribution in [0.3, 0.4) is 0 Å². The lowest BCUT2D eigenvalue weighted by Gasteiger charge is -2.28. The van der Waals surface area contributed by atoms with Crippen LogP contribution < -0.4 is 5.32 Å². The summed E-state index contributed by atoms with van der Waals surface area (Å²) in [6.45, 7) is 13.4. The number of likely N-dealkylation sites (N-methyl/N-ethyl adjacent to an activating group) is 1. The maximum Gasteiger partial charge on any atom is 0.0189 e. The normalized spacial score (nSPS) is 15.0. The first-order valence-corrected chi connectivity index (χ1v) is 5.32. The molecule has 0 aliphatic heterocycles. The fraction of sp³-hybridized carbons (Fsp3) is 1.00. The van der Waals surface area contributed by atoms with E-state index in [0.29, 0.717) is 6.04 Å². The fourth-order valence-corrected chi connectivity index (χ4v) is 1.18. The zero-order chi connectivity index (χ0) is 10.5. The van der Waals surface area contributed by atoms with Crippen molar-refractivity contribution in [2.45, 2.75) is 52.6 Å². The summed E-state index contributed by atoms with van der Waals surface area (Å²) in [4.78, 5) is 2.40. The monoisotopic (exact) mass is 186 g/mol. The van der Waals surface area contributed by atoms with Gasteiger partial charge in [-0.25, -0.2) is 0 Å². The highest BCUT2D eigenvalue weighted by molar-refractivity contribution is 4.74. The minimum atomic E-state index is 0.237. The second-order valence-electron chi connectivity index (χ2n) is 4.96. The Labute approximate surface area is 83.7 Å². The molecule has 0 saturated heterocycles. The second-order valence-corrected chi connectivity index (χ2v) is 4.96. The third-order valence-electron chi connectivity index (χ3n) is 2.26. The van der Waals surface area contributed by atoms with Crippen LogP contribution in [0.1, 0.15) is 41.0 Å². The highest BCUT2D eigenvalue weighted by Crippen LogP contribution is 2.01. The Balaban J connectivity index is 3.67. The number of hydrogen-bond acceptors (Lipinski definition) is 2. The average Bonchev–Trinajstić information content (AvgIpc) is 1.99. The molecule has 1 unspecified atom stereocenters. The van der Waals surface area contributed by atoms with Gasteiger partial charge in [-0.2, -0.15) is 0 Å². The zero-order valence-corrected chi connectivity index (χ0v) is 10.1. The molecule has 13 heavy (non-hydrogen) atoms. The topological polar surface area (TPSA) is 15.3 Å². The first-order chi connectivity index (χ1) is 5.87. The van der Waals surface area contributed by atoms with Crippen LogP contribution in [0.5, 0.6) is 0 Å². The van der Waals surface area contributed by atoms with E-state index in [-0.39, 0.29) is 5.54 Å². The second kappa shape index (κ2) is 5.61. The van der Waals surface area contributed by atoms with Crippen molar-refractivity contribution in [3.8, 4) is 0 Å². The quantitative estimate of drug-likeness (QED) is 0.707. The molecule has 1 atom stereocenters. The first kappa shape index (κ1) is 12.9. The molecule has 0 fully saturated rings. The molecule has 0 aromatic rings. The van der Waals surface area contributed by atoms with Crippen molar-refractivity contribution in [1.29, 1.82) is 0 Å². The summed E-state index contributed by atoms with van der Waals surface area (Å²) in [7, 11) is 2.19. The van der Waals surface area contributed by atoms with Gasteiger partial charge in [0.2, 0.25) is 0 Å². The Morgan fingerprint density at radius 1 is 1.31 bits per heavy atom. The number of rotatable bonds is 5. The molecule has 0 aromatic heterocycles. The van der Waals surface area contributed by atoms with Gasteiger partial charge in [0.05, 0.1) is 0 Å². The van der Waals surface area contributed by atoms with E-state index >= 15 is 0 Å². The molecule has 0 rings (SSSR count). The lowest BCUT2D eigenvalue weighted by molar-refractivity contribution is 0.236. The Kier molecular flexibility index (Phi) is 5.57. The van der Waals surface area contributed by atoms with Gasteiger partial charge in [0.1, 0.15) is 0 Å². The summed E-state index contributed by atoms with van der Waals surface area (Å²) in [5, 5.41) is 3.52. The molecular formula is C11H26N2. The molecule has 0 radical (unpaired) electrons. The maximum atomic E-state index is 3.52. The molecule has 0 saturated carbocycles. The molecule has 1 N–H and O–H groups in total. The van der Waals surface area contributed by atoms with Gasteiger partial charge in [-0.3, -0.25) is 0 Å². The summed E-state index contributed by atoms with van der Waals surface area (Å²) in [5.41, 5.74) is 0.237. The van der Waals surface area contributed by atoms with Gasteiger partial charge in [0, 0.05) is 18.1 Å². The molecule has 0 amide bonds. The first-order valence-electron chi connectivity index (χ1n) is 5.32. The van der Waals surface area contributed by atoms with Crippen molar-refractivity contribution < 1.29 is 0 Å². The van der Waals surface area contributed by atoms with Crippen LogP contribution in [0.4, 0.5) is 0 Å². The largest absolute Gasteiger partial charge is 0.311 e. The molecule has 0 bridgehead atoms. The van der Waals surface area contributed by atoms with Gasteiger partial charge in [-0.1, -0.05) is 6.92 Å². The van der Waals surface area contributed by atoms with Crippen LogP contribution >= 0.6 is 0 Å². The van der Waals surface area contributed by atoms with Crippen LogP contribution in [-0.4, -0.2) is 36.6 Å². The van der Waals surface area contributed by atoms with E-state index in [1.54, 1.807) is 0 Å². The maximum absolute atomic E-state index is 3.52. The predicted octanol–water partition coefficient (Wildman–Crippen LogP) is 2.10. The van der Waals surface area contributed by atoms with E-state index in [4.69, 9.17) is 0 Å². The summed E-state index contributed by atoms with van der Waals surface area (Å²) in [5.74, 6) is 0. The highest BCUT2D eigenvalue weighted by atomic mass is 15.1. The summed E-state index contributed by atoms with van der Waals surface area (Å²) in [6, 6.07) is 0.624. The van der Waals surface area contributed by atoms with Crippen molar-refractivity contribution in [3.05, 3.63) is 0 Å². The SMILES string of the molecule is CCCN(C)C(C)CNC(C)(C)C. The molecule has 2 nitrogen and oxygen atoms in total. The number of nitrogens with zero attached hydrogens (tertiary/aromatic N) is 1. The van der Waals surface area contributed by atoms with Gasteiger partial charge in [0.15, 0.2) is 0 Å². The molecule has 2 heteroatoms. The van der Waals surface area contributed by atoms with Crippen LogP contribution in [0, 0.1) is 0 Å². The van der Waals surface area contributed by atoms with E-state index in [9.17, 15) is 0 Å². The van der Waals surface area contributed by atoms with Crippen LogP contribution in [0.2, 0.25) is 0 Å². The Morgan fingerprint density at radius 2 is 1.85 bits per heavy atom. The lowest BCUT2D eigenvalue weighted by Crippen LogP contribution is -2.45. The third-order valence-corrected chi connectivity index (χ3v) is 2.26. The molecule has 0 aromatic carbocycles. The van der Waals surface area contributed by atoms with Crippen molar-refractivity contribution in [1.82, 2.24) is 10.2 Å². The van der Waals surface area contributed by atoms with Crippen molar-refractivity contribution in [2.75, 3.05) is 20.1 Å². The average molecular weight is 186 g/mol. The molecule has 80 valence electrons. The Bertz CT molecular complexity index is 127. The molecule has 0 aliphatic carbocycles. The molecule has 0 spiro atoms. The van der Waals surface area contributed by atoms with Gasteiger partial charge in [0.25, 0.3) is 0 Å². The fourth-order valence-electron chi connectivity index (χ4n) is 1.18. The third kappa shape index (κ3) is 7.03. The van der Waals surface area contributed by atoms with Crippen LogP contribution in [0.15, 0.2) is 0 Å². The summed E-state index contributed by atoms with van der Waals surface area (Å²) < 4.78 is 0. The highest BCUT2D eigenvalue weighted by Gasteiger charge is 2.13. The smallest absolute Gasteiger partial charge is 0.0189 e. The Hall–Kier alpha value is -0.0800. The zero-order valence-electron chi connectivity index (χ0n) is 10.1. The van der Waals surface area contributed by atoms with Gasteiger partial charge >= 0.3 is 0 Å². The van der Waals surface area contributed by atoms with Gasteiger partial charge in [-0.15, -0.1) is 0 Å². The summed E-state index contributed by atoms with van der Waals surface area (Å²) >= 11 is 0. The van der Waals surface area contributed by atoms with Crippen molar-refractivity contribution in [3.63, 3.8) is 0 Å².